The molecule has 0 aliphatic carbocycles. The van der Waals surface area contributed by atoms with Gasteiger partial charge in [-0.25, -0.2) is 8.61 Å². The van der Waals surface area contributed by atoms with E-state index in [9.17, 15) is 19.8 Å². The Morgan fingerprint density at radius 1 is 0.720 bits per heavy atom. The van der Waals surface area contributed by atoms with E-state index in [1.807, 2.05) is 0 Å². The van der Waals surface area contributed by atoms with Crippen molar-refractivity contribution in [1.29, 1.82) is 0 Å². The minimum absolute atomic E-state index is 0. The van der Waals surface area contributed by atoms with E-state index in [4.69, 9.17) is 0 Å². The van der Waals surface area contributed by atoms with Crippen LogP contribution in [-0.4, -0.2) is 45.4 Å². The fraction of sp³-hybridized carbons (Fsp3) is 0.286. The zero-order valence-corrected chi connectivity index (χ0v) is 17.7. The first-order valence-electron chi connectivity index (χ1n) is 6.45. The monoisotopic (exact) mass is 466 g/mol. The Hall–Kier alpha value is -0.286. The second kappa shape index (κ2) is 21.8. The molecule has 0 rings (SSSR count). The van der Waals surface area contributed by atoms with Crippen LogP contribution < -0.4 is 10.2 Å². The molecule has 6 nitrogen and oxygen atoms in total. The summed E-state index contributed by atoms with van der Waals surface area (Å²) < 4.78 is 3.61. The topological polar surface area (TPSA) is 86.7 Å². The molecule has 0 radical (unpaired) electrons. The van der Waals surface area contributed by atoms with Crippen LogP contribution in [0.25, 0.3) is 0 Å². The smallest absolute Gasteiger partial charge is 0.537 e. The molecule has 0 amide bonds. The maximum absolute atomic E-state index is 10.1. The molecule has 0 saturated heterocycles. The van der Waals surface area contributed by atoms with Crippen LogP contribution in [0.3, 0.4) is 0 Å². The molecule has 0 aliphatic heterocycles. The summed E-state index contributed by atoms with van der Waals surface area (Å²) in [6.45, 7) is 16.7. The largest absolute Gasteiger partial charge is 2.00 e. The number of rotatable bonds is 12. The van der Waals surface area contributed by atoms with Gasteiger partial charge in [-0.2, -0.15) is 0 Å². The first-order chi connectivity index (χ1) is 11.4. The maximum Gasteiger partial charge on any atom is 2.00 e. The second-order valence-electron chi connectivity index (χ2n) is 3.66. The van der Waals surface area contributed by atoms with Gasteiger partial charge in [-0.1, -0.05) is 24.3 Å². The summed E-state index contributed by atoms with van der Waals surface area (Å²) in [6.07, 6.45) is 6.80. The van der Waals surface area contributed by atoms with Gasteiger partial charge < -0.3 is 19.8 Å². The number of carboxylic acid groups (broad SMARTS) is 2. The third kappa shape index (κ3) is 23.7. The van der Waals surface area contributed by atoms with Crippen molar-refractivity contribution in [3.8, 4) is 0 Å². The van der Waals surface area contributed by atoms with Crippen LogP contribution in [0.5, 0.6) is 0 Å². The van der Waals surface area contributed by atoms with Gasteiger partial charge in [0.1, 0.15) is 10.6 Å². The summed E-state index contributed by atoms with van der Waals surface area (Å²) in [5.41, 5.74) is 0. The quantitative estimate of drug-likeness (QED) is 0.185. The van der Waals surface area contributed by atoms with Gasteiger partial charge in [0.15, 0.2) is 0 Å². The molecule has 0 N–H and O–H groups in total. The van der Waals surface area contributed by atoms with Crippen molar-refractivity contribution in [2.45, 2.75) is 0 Å². The predicted octanol–water partition coefficient (Wildman–Crippen LogP) is 2.60. The minimum Gasteiger partial charge on any atom is -0.537 e. The van der Waals surface area contributed by atoms with Crippen LogP contribution in [0.2, 0.25) is 0 Å². The second-order valence-corrected chi connectivity index (χ2v) is 7.89. The van der Waals surface area contributed by atoms with Gasteiger partial charge in [0.2, 0.25) is 0 Å². The zero-order valence-electron chi connectivity index (χ0n) is 13.4. The summed E-state index contributed by atoms with van der Waals surface area (Å²) in [5, 5.41) is 17.8. The molecule has 0 fully saturated rings. The molecule has 0 saturated carbocycles. The van der Waals surface area contributed by atoms with E-state index in [2.05, 4.69) is 26.3 Å². The van der Waals surface area contributed by atoms with Crippen LogP contribution >= 0.6 is 43.5 Å². The van der Waals surface area contributed by atoms with Crippen LogP contribution in [0, 0.1) is 0 Å². The van der Waals surface area contributed by atoms with E-state index in [1.54, 1.807) is 32.9 Å². The molecule has 0 heterocycles. The summed E-state index contributed by atoms with van der Waals surface area (Å²) in [7, 11) is 3.59. The van der Waals surface area contributed by atoms with Crippen molar-refractivity contribution in [2.24, 2.45) is 0 Å². The normalized spacial score (nSPS) is 9.36. The first-order valence-corrected chi connectivity index (χ1v) is 10.7. The average Bonchev–Trinajstić information content (AvgIpc) is 2.52. The minimum atomic E-state index is -1.14. The Morgan fingerprint density at radius 3 is 1.12 bits per heavy atom. The van der Waals surface area contributed by atoms with Crippen molar-refractivity contribution in [2.75, 3.05) is 26.2 Å². The predicted molar refractivity (Wildman–Crippen MR) is 105 cm³/mol. The number of hydrogen-bond donors (Lipinski definition) is 0. The summed E-state index contributed by atoms with van der Waals surface area (Å²) in [5.74, 6) is 0. The molecular formula is C14H20N2NiO4S4. The molecule has 0 spiro atoms. The molecule has 0 atom stereocenters. The van der Waals surface area contributed by atoms with E-state index in [-0.39, 0.29) is 16.5 Å². The van der Waals surface area contributed by atoms with Gasteiger partial charge >= 0.3 is 16.5 Å². The summed E-state index contributed by atoms with van der Waals surface area (Å²) >= 11 is 0. The molecule has 0 bridgehead atoms. The van der Waals surface area contributed by atoms with Crippen molar-refractivity contribution in [1.82, 2.24) is 8.61 Å². The SMILES string of the molecule is C=CCN(CC=C)SSC(=O)[O-].C=CCN(CC=C)SSC(=O)[O-].[Ni+2]. The Balaban J connectivity index is -0.000000372. The van der Waals surface area contributed by atoms with Crippen LogP contribution in [0.15, 0.2) is 50.6 Å². The van der Waals surface area contributed by atoms with Gasteiger partial charge in [0.05, 0.1) is 0 Å². The summed E-state index contributed by atoms with van der Waals surface area (Å²) in [6, 6.07) is 0. The van der Waals surface area contributed by atoms with E-state index in [0.717, 1.165) is 22.0 Å². The van der Waals surface area contributed by atoms with E-state index >= 15 is 0 Å². The Labute approximate surface area is 175 Å². The van der Waals surface area contributed by atoms with Gasteiger partial charge in [-0.15, -0.1) is 26.3 Å². The van der Waals surface area contributed by atoms with E-state index in [0.29, 0.717) is 47.8 Å². The van der Waals surface area contributed by atoms with Crippen molar-refractivity contribution >= 4 is 54.2 Å². The van der Waals surface area contributed by atoms with Gasteiger partial charge in [0, 0.05) is 26.2 Å². The number of nitrogens with zero attached hydrogens (tertiary/aromatic N) is 2. The van der Waals surface area contributed by atoms with Crippen LogP contribution in [0.4, 0.5) is 9.59 Å². The van der Waals surface area contributed by atoms with E-state index in [1.165, 1.54) is 0 Å². The molecule has 11 heteroatoms. The molecule has 0 unspecified atom stereocenters. The Morgan fingerprint density at radius 2 is 0.960 bits per heavy atom. The molecule has 0 aromatic heterocycles. The molecule has 0 aromatic rings. The molecule has 144 valence electrons. The molecule has 0 aliphatic rings. The van der Waals surface area contributed by atoms with Crippen molar-refractivity contribution in [3.05, 3.63) is 50.6 Å². The Bertz CT molecular complexity index is 370. The summed E-state index contributed by atoms with van der Waals surface area (Å²) in [4.78, 5) is 20.1. The average molecular weight is 467 g/mol. The van der Waals surface area contributed by atoms with Crippen LogP contribution in [-0.2, 0) is 16.5 Å². The van der Waals surface area contributed by atoms with Crippen molar-refractivity contribution in [3.63, 3.8) is 0 Å². The standard InChI is InChI=1S/2C7H11NO2S2.Ni/c2*1-3-5-8(6-4-2)12-11-7(9)10;/h2*3-4H,1-2,5-6H2,(H,9,10);/q;;+2/p-2. The van der Waals surface area contributed by atoms with Gasteiger partial charge in [0.25, 0.3) is 0 Å². The first kappa shape index (κ1) is 29.5. The zero-order chi connectivity index (χ0) is 18.8. The fourth-order valence-electron chi connectivity index (χ4n) is 1.01. The van der Waals surface area contributed by atoms with Crippen molar-refractivity contribution < 1.29 is 36.3 Å². The number of carbonyl (C=O) groups excluding carboxylic acids is 2. The van der Waals surface area contributed by atoms with Gasteiger partial charge in [-0.3, -0.25) is 0 Å². The van der Waals surface area contributed by atoms with E-state index < -0.39 is 10.6 Å². The molecular weight excluding hydrogens is 447 g/mol. The maximum atomic E-state index is 10.1. The number of carbonyl (C=O) groups is 2. The third-order valence-corrected chi connectivity index (χ3v) is 5.72. The molecule has 0 aromatic carbocycles. The molecule has 25 heavy (non-hydrogen) atoms. The number of hydrogen-bond acceptors (Lipinski definition) is 10. The van der Waals surface area contributed by atoms with Crippen LogP contribution in [0.1, 0.15) is 0 Å². The Kier molecular flexibility index (Phi) is 25.7. The third-order valence-electron chi connectivity index (χ3n) is 1.75. The van der Waals surface area contributed by atoms with Gasteiger partial charge in [-0.05, 0) is 43.5 Å². The fourth-order valence-corrected chi connectivity index (χ4v) is 3.74.